The summed E-state index contributed by atoms with van der Waals surface area (Å²) in [6.07, 6.45) is -0.675. The van der Waals surface area contributed by atoms with Gasteiger partial charge in [0.1, 0.15) is 6.10 Å². The van der Waals surface area contributed by atoms with Crippen molar-refractivity contribution >= 4 is 11.9 Å². The topological polar surface area (TPSA) is 110 Å². The fourth-order valence-electron chi connectivity index (χ4n) is 4.94. The first-order valence-electron chi connectivity index (χ1n) is 10.1. The van der Waals surface area contributed by atoms with E-state index in [0.717, 1.165) is 11.1 Å². The van der Waals surface area contributed by atoms with Crippen LogP contribution in [0.4, 0.5) is 0 Å². The van der Waals surface area contributed by atoms with Crippen LogP contribution in [0, 0.1) is 11.8 Å². The number of carbonyl (C=O) groups excluding carboxylic acids is 2. The summed E-state index contributed by atoms with van der Waals surface area (Å²) >= 11 is 0. The van der Waals surface area contributed by atoms with E-state index < -0.39 is 29.8 Å². The number of fused-ring (bicyclic) bond motifs is 3. The van der Waals surface area contributed by atoms with Gasteiger partial charge in [-0.2, -0.15) is 0 Å². The van der Waals surface area contributed by atoms with E-state index in [1.807, 2.05) is 6.07 Å². The fourth-order valence-corrected chi connectivity index (χ4v) is 4.94. The van der Waals surface area contributed by atoms with Crippen LogP contribution in [0.25, 0.3) is 0 Å². The number of phenols is 1. The number of hydrogen-bond donors (Lipinski definition) is 1. The molecule has 0 aromatic heterocycles. The second-order valence-corrected chi connectivity index (χ2v) is 7.94. The van der Waals surface area contributed by atoms with E-state index in [2.05, 4.69) is 0 Å². The molecule has 0 amide bonds. The number of esters is 2. The molecule has 0 radical (unpaired) electrons. The Balaban J connectivity index is 1.75. The lowest BCUT2D eigenvalue weighted by Gasteiger charge is -2.38. The average molecular weight is 442 g/mol. The Morgan fingerprint density at radius 2 is 1.62 bits per heavy atom. The molecule has 0 spiro atoms. The molecule has 4 atom stereocenters. The second-order valence-electron chi connectivity index (χ2n) is 7.94. The third-order valence-corrected chi connectivity index (χ3v) is 6.27. The van der Waals surface area contributed by atoms with Gasteiger partial charge >= 0.3 is 11.9 Å². The summed E-state index contributed by atoms with van der Waals surface area (Å²) in [6, 6.07) is 6.95. The second kappa shape index (κ2) is 7.51. The van der Waals surface area contributed by atoms with Gasteiger partial charge in [0.15, 0.2) is 23.0 Å². The average Bonchev–Trinajstić information content (AvgIpc) is 3.39. The third-order valence-electron chi connectivity index (χ3n) is 6.27. The number of benzene rings is 2. The Bertz CT molecular complexity index is 1080. The van der Waals surface area contributed by atoms with Gasteiger partial charge in [0.2, 0.25) is 12.5 Å². The zero-order valence-corrected chi connectivity index (χ0v) is 17.7. The molecule has 2 aliphatic heterocycles. The molecule has 9 nitrogen and oxygen atoms in total. The number of ether oxygens (including phenoxy) is 6. The molecule has 2 aromatic rings. The quantitative estimate of drug-likeness (QED) is 0.715. The van der Waals surface area contributed by atoms with Crippen LogP contribution in [0.3, 0.4) is 0 Å². The minimum absolute atomic E-state index is 0.0802. The Morgan fingerprint density at radius 3 is 2.22 bits per heavy atom. The number of methoxy groups -OCH3 is 2. The molecule has 1 fully saturated rings. The number of phenolic OH excluding ortho intramolecular Hbond substituents is 1. The molecule has 1 aliphatic carbocycles. The molecule has 3 aliphatic rings. The van der Waals surface area contributed by atoms with Crippen LogP contribution >= 0.6 is 0 Å². The van der Waals surface area contributed by atoms with Crippen molar-refractivity contribution in [3.8, 4) is 28.7 Å². The molecular formula is C23H22O9. The van der Waals surface area contributed by atoms with Crippen LogP contribution in [0.15, 0.2) is 24.3 Å². The molecule has 0 bridgehead atoms. The van der Waals surface area contributed by atoms with Crippen LogP contribution in [-0.4, -0.2) is 44.7 Å². The minimum atomic E-state index is -0.675. The maximum absolute atomic E-state index is 12.9. The predicted octanol–water partition coefficient (Wildman–Crippen LogP) is 2.68. The highest BCUT2D eigenvalue weighted by atomic mass is 16.7. The standard InChI is InChI=1S/C23H22O9/c1-10(24)32-22-13-7-16-15(30-9-31-16)6-12(13)19(20-14(22)8-29-23(20)26)11-4-17(27-2)21(25)18(5-11)28-3/h4-7,14,19-20,22,25H,8-9H2,1-3H3/t14-,19-,20+,22+/m1/s1. The van der Waals surface area contributed by atoms with Crippen molar-refractivity contribution in [2.75, 3.05) is 27.6 Å². The van der Waals surface area contributed by atoms with E-state index in [0.29, 0.717) is 17.1 Å². The van der Waals surface area contributed by atoms with E-state index in [4.69, 9.17) is 28.4 Å². The maximum Gasteiger partial charge on any atom is 0.310 e. The summed E-state index contributed by atoms with van der Waals surface area (Å²) in [7, 11) is 2.88. The Kier molecular flexibility index (Phi) is 4.76. The van der Waals surface area contributed by atoms with Crippen molar-refractivity contribution < 1.29 is 43.1 Å². The minimum Gasteiger partial charge on any atom is -0.502 e. The first-order valence-corrected chi connectivity index (χ1v) is 10.1. The van der Waals surface area contributed by atoms with Gasteiger partial charge in [-0.05, 0) is 35.4 Å². The van der Waals surface area contributed by atoms with Crippen molar-refractivity contribution in [2.24, 2.45) is 11.8 Å². The Hall–Kier alpha value is -3.62. The van der Waals surface area contributed by atoms with Crippen LogP contribution in [0.1, 0.15) is 35.6 Å². The van der Waals surface area contributed by atoms with Gasteiger partial charge in [-0.15, -0.1) is 0 Å². The molecule has 1 saturated heterocycles. The van der Waals surface area contributed by atoms with Gasteiger partial charge < -0.3 is 33.5 Å². The van der Waals surface area contributed by atoms with Crippen LogP contribution in [0.2, 0.25) is 0 Å². The summed E-state index contributed by atoms with van der Waals surface area (Å²) in [5, 5.41) is 10.4. The molecule has 168 valence electrons. The van der Waals surface area contributed by atoms with Gasteiger partial charge in [0, 0.05) is 24.3 Å². The zero-order chi connectivity index (χ0) is 22.6. The molecule has 2 aromatic carbocycles. The highest BCUT2D eigenvalue weighted by Crippen LogP contribution is 2.56. The van der Waals surface area contributed by atoms with E-state index >= 15 is 0 Å². The first-order chi connectivity index (χ1) is 15.4. The fraction of sp³-hybridized carbons (Fsp3) is 0.391. The van der Waals surface area contributed by atoms with Crippen molar-refractivity contribution in [3.05, 3.63) is 41.0 Å². The molecule has 32 heavy (non-hydrogen) atoms. The lowest BCUT2D eigenvalue weighted by Crippen LogP contribution is -2.36. The predicted molar refractivity (Wildman–Crippen MR) is 108 cm³/mol. The van der Waals surface area contributed by atoms with Gasteiger partial charge in [-0.25, -0.2) is 0 Å². The number of carbonyl (C=O) groups is 2. The SMILES string of the molecule is COc1cc([C@@H]2c3cc4c(cc3[C@H](OC(C)=O)[C@@H]3COC(=O)[C@H]23)OCO4)cc(OC)c1O. The molecule has 2 heterocycles. The number of aromatic hydroxyl groups is 1. The van der Waals surface area contributed by atoms with Gasteiger partial charge in [-0.1, -0.05) is 0 Å². The number of rotatable bonds is 4. The molecule has 0 unspecified atom stereocenters. The summed E-state index contributed by atoms with van der Waals surface area (Å²) < 4.78 is 32.9. The van der Waals surface area contributed by atoms with Gasteiger partial charge in [-0.3, -0.25) is 9.59 Å². The van der Waals surface area contributed by atoms with E-state index in [1.165, 1.54) is 21.1 Å². The molecular weight excluding hydrogens is 420 g/mol. The van der Waals surface area contributed by atoms with E-state index in [1.54, 1.807) is 18.2 Å². The lowest BCUT2D eigenvalue weighted by atomic mass is 9.66. The van der Waals surface area contributed by atoms with Crippen molar-refractivity contribution in [2.45, 2.75) is 18.9 Å². The van der Waals surface area contributed by atoms with Gasteiger partial charge in [0.25, 0.3) is 0 Å². The Labute approximate surface area is 183 Å². The van der Waals surface area contributed by atoms with Crippen molar-refractivity contribution in [3.63, 3.8) is 0 Å². The largest absolute Gasteiger partial charge is 0.502 e. The van der Waals surface area contributed by atoms with E-state index in [-0.39, 0.29) is 36.6 Å². The highest BCUT2D eigenvalue weighted by Gasteiger charge is 2.54. The van der Waals surface area contributed by atoms with Crippen LogP contribution in [0.5, 0.6) is 28.7 Å². The molecule has 0 saturated carbocycles. The first kappa shape index (κ1) is 20.3. The molecule has 9 heteroatoms. The third kappa shape index (κ3) is 2.99. The highest BCUT2D eigenvalue weighted by molar-refractivity contribution is 5.79. The number of hydrogen-bond acceptors (Lipinski definition) is 9. The van der Waals surface area contributed by atoms with E-state index in [9.17, 15) is 14.7 Å². The molecule has 1 N–H and O–H groups in total. The number of cyclic esters (lactones) is 1. The van der Waals surface area contributed by atoms with Crippen molar-refractivity contribution in [1.29, 1.82) is 0 Å². The van der Waals surface area contributed by atoms with Gasteiger partial charge in [0.05, 0.1) is 26.7 Å². The zero-order valence-electron chi connectivity index (χ0n) is 17.7. The molecule has 5 rings (SSSR count). The summed E-state index contributed by atoms with van der Waals surface area (Å²) in [6.45, 7) is 1.54. The van der Waals surface area contributed by atoms with Crippen LogP contribution < -0.4 is 18.9 Å². The summed E-state index contributed by atoms with van der Waals surface area (Å²) in [5.41, 5.74) is 2.15. The summed E-state index contributed by atoms with van der Waals surface area (Å²) in [4.78, 5) is 24.8. The van der Waals surface area contributed by atoms with Crippen LogP contribution in [-0.2, 0) is 19.1 Å². The normalized spacial score (nSPS) is 24.9. The Morgan fingerprint density at radius 1 is 1.00 bits per heavy atom. The maximum atomic E-state index is 12.9. The lowest BCUT2D eigenvalue weighted by molar-refractivity contribution is -0.152. The smallest absolute Gasteiger partial charge is 0.310 e. The van der Waals surface area contributed by atoms with Crippen molar-refractivity contribution in [1.82, 2.24) is 0 Å². The monoisotopic (exact) mass is 442 g/mol. The summed E-state index contributed by atoms with van der Waals surface area (Å²) in [5.74, 6) is -0.949.